The maximum atomic E-state index is 12.7. The molecule has 0 spiro atoms. The fourth-order valence-corrected chi connectivity index (χ4v) is 3.44. The van der Waals surface area contributed by atoms with E-state index in [1.54, 1.807) is 31.6 Å². The van der Waals surface area contributed by atoms with Gasteiger partial charge < -0.3 is 24.3 Å². The van der Waals surface area contributed by atoms with Crippen molar-refractivity contribution < 1.29 is 23.7 Å². The van der Waals surface area contributed by atoms with E-state index in [9.17, 15) is 4.79 Å². The average molecular weight is 441 g/mol. The Morgan fingerprint density at radius 1 is 1.16 bits per heavy atom. The van der Waals surface area contributed by atoms with Gasteiger partial charge in [0.25, 0.3) is 5.91 Å². The van der Waals surface area contributed by atoms with E-state index in [0.29, 0.717) is 40.2 Å². The van der Waals surface area contributed by atoms with Crippen molar-refractivity contribution in [3.05, 3.63) is 76.6 Å². The van der Waals surface area contributed by atoms with E-state index in [0.717, 1.165) is 11.1 Å². The summed E-state index contributed by atoms with van der Waals surface area (Å²) in [5.41, 5.74) is 2.27. The van der Waals surface area contributed by atoms with E-state index in [1.807, 2.05) is 37.3 Å². The molecule has 0 saturated heterocycles. The first-order chi connectivity index (χ1) is 15.0. The zero-order valence-corrected chi connectivity index (χ0v) is 17.8. The number of hydrogen-bond donors (Lipinski definition) is 1. The summed E-state index contributed by atoms with van der Waals surface area (Å²) in [6.45, 7) is 2.38. The van der Waals surface area contributed by atoms with E-state index in [4.69, 9.17) is 30.5 Å². The highest BCUT2D eigenvalue weighted by molar-refractivity contribution is 6.32. The van der Waals surface area contributed by atoms with E-state index in [-0.39, 0.29) is 18.7 Å². The molecule has 0 bridgehead atoms. The Kier molecular flexibility index (Phi) is 6.13. The Balaban J connectivity index is 1.45. The van der Waals surface area contributed by atoms with E-state index >= 15 is 0 Å². The number of amides is 1. The molecule has 0 fully saturated rings. The van der Waals surface area contributed by atoms with Crippen LogP contribution in [-0.4, -0.2) is 24.8 Å². The first-order valence-electron chi connectivity index (χ1n) is 9.65. The summed E-state index contributed by atoms with van der Waals surface area (Å²) >= 11 is 6.18. The molecule has 2 aromatic carbocycles. The van der Waals surface area contributed by atoms with Crippen LogP contribution in [-0.2, 0) is 6.61 Å². The monoisotopic (exact) mass is 440 g/mol. The van der Waals surface area contributed by atoms with Gasteiger partial charge in [-0.25, -0.2) is 0 Å². The van der Waals surface area contributed by atoms with Gasteiger partial charge >= 0.3 is 0 Å². The van der Waals surface area contributed by atoms with Gasteiger partial charge in [0.1, 0.15) is 6.61 Å². The van der Waals surface area contributed by atoms with Crippen LogP contribution in [0.4, 0.5) is 0 Å². The Labute approximate surface area is 184 Å². The Morgan fingerprint density at radius 3 is 2.74 bits per heavy atom. The zero-order valence-electron chi connectivity index (χ0n) is 17.1. The molecule has 8 heteroatoms. The van der Waals surface area contributed by atoms with Crippen LogP contribution in [0.2, 0.25) is 5.02 Å². The third-order valence-corrected chi connectivity index (χ3v) is 5.15. The first-order valence-corrected chi connectivity index (χ1v) is 10.0. The predicted octanol–water partition coefficient (Wildman–Crippen LogP) is 4.54. The molecule has 1 aromatic heterocycles. The number of carbonyl (C=O) groups is 1. The summed E-state index contributed by atoms with van der Waals surface area (Å²) in [7, 11) is 1.58. The number of nitrogens with one attached hydrogen (secondary N) is 1. The van der Waals surface area contributed by atoms with Crippen LogP contribution in [0, 0.1) is 0 Å². The number of rotatable bonds is 7. The largest absolute Gasteiger partial charge is 0.493 e. The number of hydrogen-bond acceptors (Lipinski definition) is 6. The van der Waals surface area contributed by atoms with Crippen LogP contribution in [0.5, 0.6) is 23.0 Å². The summed E-state index contributed by atoms with van der Waals surface area (Å²) in [5.74, 6) is 1.84. The number of halogens is 1. The lowest BCUT2D eigenvalue weighted by molar-refractivity contribution is 0.0939. The van der Waals surface area contributed by atoms with Crippen molar-refractivity contribution in [2.45, 2.75) is 19.6 Å². The first kappa shape index (κ1) is 20.8. The number of ether oxygens (including phenoxy) is 4. The molecule has 3 aromatic rings. The molecular formula is C23H21ClN2O5. The van der Waals surface area contributed by atoms with Crippen molar-refractivity contribution in [1.29, 1.82) is 0 Å². The fraction of sp³-hybridized carbons (Fsp3) is 0.217. The minimum absolute atomic E-state index is 0.0892. The van der Waals surface area contributed by atoms with E-state index < -0.39 is 0 Å². The van der Waals surface area contributed by atoms with Crippen molar-refractivity contribution in [2.75, 3.05) is 13.9 Å². The van der Waals surface area contributed by atoms with Gasteiger partial charge in [0.15, 0.2) is 23.0 Å². The zero-order chi connectivity index (χ0) is 21.8. The van der Waals surface area contributed by atoms with Crippen molar-refractivity contribution in [3.63, 3.8) is 0 Å². The molecule has 0 aliphatic carbocycles. The molecule has 0 radical (unpaired) electrons. The molecule has 2 heterocycles. The number of carbonyl (C=O) groups excluding carboxylic acids is 1. The summed E-state index contributed by atoms with van der Waals surface area (Å²) in [5, 5.41) is 3.30. The molecule has 4 rings (SSSR count). The van der Waals surface area contributed by atoms with Crippen LogP contribution in [0.3, 0.4) is 0 Å². The lowest BCUT2D eigenvalue weighted by Gasteiger charge is -2.17. The standard InChI is InChI=1S/C23H21ClN2O5/c1-14(26-23(27)17-9-18(24)22-21(11-17)30-13-31-22)16-3-4-19(20(10-16)28-2)29-12-15-5-7-25-8-6-15/h3-11,14H,12-13H2,1-2H3,(H,26,27). The minimum Gasteiger partial charge on any atom is -0.493 e. The molecule has 1 unspecified atom stereocenters. The van der Waals surface area contributed by atoms with E-state index in [1.165, 1.54) is 0 Å². The Morgan fingerprint density at radius 2 is 1.97 bits per heavy atom. The van der Waals surface area contributed by atoms with Gasteiger partial charge in [0, 0.05) is 18.0 Å². The molecule has 160 valence electrons. The summed E-state index contributed by atoms with van der Waals surface area (Å²) in [6.07, 6.45) is 3.44. The second-order valence-electron chi connectivity index (χ2n) is 6.94. The smallest absolute Gasteiger partial charge is 0.251 e. The highest BCUT2D eigenvalue weighted by atomic mass is 35.5. The number of methoxy groups -OCH3 is 1. The molecule has 1 N–H and O–H groups in total. The molecule has 1 aliphatic rings. The molecule has 1 amide bonds. The van der Waals surface area contributed by atoms with Gasteiger partial charge in [-0.15, -0.1) is 0 Å². The quantitative estimate of drug-likeness (QED) is 0.581. The maximum Gasteiger partial charge on any atom is 0.251 e. The lowest BCUT2D eigenvalue weighted by Crippen LogP contribution is -2.26. The van der Waals surface area contributed by atoms with Gasteiger partial charge in [0.2, 0.25) is 6.79 Å². The number of nitrogens with zero attached hydrogens (tertiary/aromatic N) is 1. The number of aromatic nitrogens is 1. The van der Waals surface area contributed by atoms with Crippen molar-refractivity contribution >= 4 is 17.5 Å². The second kappa shape index (κ2) is 9.14. The maximum absolute atomic E-state index is 12.7. The number of pyridine rings is 1. The topological polar surface area (TPSA) is 78.9 Å². The molecule has 7 nitrogen and oxygen atoms in total. The number of fused-ring (bicyclic) bond motifs is 1. The van der Waals surface area contributed by atoms with Crippen LogP contribution in [0.15, 0.2) is 54.9 Å². The Hall–Kier alpha value is -3.45. The molecule has 1 atom stereocenters. The van der Waals surface area contributed by atoms with Crippen LogP contribution >= 0.6 is 11.6 Å². The third-order valence-electron chi connectivity index (χ3n) is 4.87. The second-order valence-corrected chi connectivity index (χ2v) is 7.35. The fourth-order valence-electron chi connectivity index (χ4n) is 3.17. The third kappa shape index (κ3) is 4.67. The normalized spacial score (nSPS) is 12.9. The van der Waals surface area contributed by atoms with Gasteiger partial charge in [-0.05, 0) is 54.4 Å². The van der Waals surface area contributed by atoms with Crippen molar-refractivity contribution in [3.8, 4) is 23.0 Å². The van der Waals surface area contributed by atoms with Gasteiger partial charge in [-0.2, -0.15) is 0 Å². The molecule has 1 aliphatic heterocycles. The number of benzene rings is 2. The van der Waals surface area contributed by atoms with Crippen LogP contribution < -0.4 is 24.3 Å². The van der Waals surface area contributed by atoms with Gasteiger partial charge in [-0.3, -0.25) is 9.78 Å². The SMILES string of the molecule is COc1cc(C(C)NC(=O)c2cc(Cl)c3c(c2)OCO3)ccc1OCc1ccncc1. The minimum atomic E-state index is -0.278. The summed E-state index contributed by atoms with van der Waals surface area (Å²) < 4.78 is 22.0. The van der Waals surface area contributed by atoms with Crippen LogP contribution in [0.25, 0.3) is 0 Å². The summed E-state index contributed by atoms with van der Waals surface area (Å²) in [6, 6.07) is 12.2. The Bertz CT molecular complexity index is 1090. The van der Waals surface area contributed by atoms with Crippen molar-refractivity contribution in [2.24, 2.45) is 0 Å². The average Bonchev–Trinajstić information content (AvgIpc) is 3.27. The lowest BCUT2D eigenvalue weighted by atomic mass is 10.1. The van der Waals surface area contributed by atoms with Crippen molar-refractivity contribution in [1.82, 2.24) is 10.3 Å². The molecule has 31 heavy (non-hydrogen) atoms. The van der Waals surface area contributed by atoms with Gasteiger partial charge in [-0.1, -0.05) is 17.7 Å². The molecular weight excluding hydrogens is 420 g/mol. The van der Waals surface area contributed by atoms with Crippen LogP contribution in [0.1, 0.15) is 34.5 Å². The van der Waals surface area contributed by atoms with Gasteiger partial charge in [0.05, 0.1) is 18.2 Å². The van der Waals surface area contributed by atoms with E-state index in [2.05, 4.69) is 10.3 Å². The summed E-state index contributed by atoms with van der Waals surface area (Å²) in [4.78, 5) is 16.7. The molecule has 0 saturated carbocycles. The highest BCUT2D eigenvalue weighted by Crippen LogP contribution is 2.40. The predicted molar refractivity (Wildman–Crippen MR) is 115 cm³/mol. The highest BCUT2D eigenvalue weighted by Gasteiger charge is 2.22.